The summed E-state index contributed by atoms with van der Waals surface area (Å²) in [6, 6.07) is -0.00312. The van der Waals surface area contributed by atoms with E-state index in [1.807, 2.05) is 11.8 Å². The summed E-state index contributed by atoms with van der Waals surface area (Å²) in [6.45, 7) is 8.78. The van der Waals surface area contributed by atoms with Gasteiger partial charge in [-0.25, -0.2) is 0 Å². The van der Waals surface area contributed by atoms with Gasteiger partial charge in [0.15, 0.2) is 0 Å². The maximum absolute atomic E-state index is 11.7. The Bertz CT molecular complexity index is 195. The van der Waals surface area contributed by atoms with Gasteiger partial charge in [-0.3, -0.25) is 10.1 Å². The zero-order chi connectivity index (χ0) is 10.6. The first-order chi connectivity index (χ1) is 6.66. The molecule has 1 N–H and O–H groups in total. The second-order valence-corrected chi connectivity index (χ2v) is 3.88. The molecule has 1 heterocycles. The van der Waals surface area contributed by atoms with Crippen LogP contribution in [-0.2, 0) is 9.53 Å². The number of carbonyl (C=O) groups is 1. The number of amides is 1. The van der Waals surface area contributed by atoms with Gasteiger partial charge in [0, 0.05) is 13.2 Å². The van der Waals surface area contributed by atoms with Gasteiger partial charge in [-0.15, -0.1) is 0 Å². The van der Waals surface area contributed by atoms with Crippen LogP contribution in [0.2, 0.25) is 0 Å². The van der Waals surface area contributed by atoms with Gasteiger partial charge in [0.25, 0.3) is 0 Å². The molecule has 1 amide bonds. The van der Waals surface area contributed by atoms with E-state index >= 15 is 0 Å². The van der Waals surface area contributed by atoms with Crippen molar-refractivity contribution in [2.24, 2.45) is 5.92 Å². The maximum atomic E-state index is 11.7. The van der Waals surface area contributed by atoms with E-state index < -0.39 is 0 Å². The fraction of sp³-hybridized carbons (Fsp3) is 0.900. The molecule has 0 aromatic heterocycles. The third kappa shape index (κ3) is 2.69. The monoisotopic (exact) mass is 200 g/mol. The quantitative estimate of drug-likeness (QED) is 0.655. The molecule has 1 aliphatic heterocycles. The molecule has 0 saturated carbocycles. The van der Waals surface area contributed by atoms with Gasteiger partial charge in [0.05, 0.1) is 19.3 Å². The molecule has 0 bridgehead atoms. The first kappa shape index (κ1) is 11.5. The van der Waals surface area contributed by atoms with Crippen molar-refractivity contribution in [3.05, 3.63) is 0 Å². The topological polar surface area (TPSA) is 41.6 Å². The van der Waals surface area contributed by atoms with Crippen molar-refractivity contribution in [2.75, 3.05) is 26.4 Å². The van der Waals surface area contributed by atoms with Crippen LogP contribution in [0.15, 0.2) is 0 Å². The summed E-state index contributed by atoms with van der Waals surface area (Å²) in [5.74, 6) is 0.569. The number of carbonyl (C=O) groups excluding carboxylic acids is 1. The number of hydrogen-bond donors (Lipinski definition) is 1. The molecular formula is C10H20N2O2. The molecule has 0 aliphatic carbocycles. The van der Waals surface area contributed by atoms with Crippen molar-refractivity contribution in [3.8, 4) is 0 Å². The highest BCUT2D eigenvalue weighted by Crippen LogP contribution is 2.11. The predicted octanol–water partition coefficient (Wildman–Crippen LogP) is 0.437. The van der Waals surface area contributed by atoms with Crippen LogP contribution in [0, 0.1) is 5.92 Å². The lowest BCUT2D eigenvalue weighted by atomic mass is 10.1. The van der Waals surface area contributed by atoms with Crippen LogP contribution in [0.1, 0.15) is 20.8 Å². The van der Waals surface area contributed by atoms with Crippen LogP contribution < -0.4 is 5.32 Å². The molecule has 1 rings (SSSR count). The van der Waals surface area contributed by atoms with Crippen LogP contribution in [0.4, 0.5) is 0 Å². The highest BCUT2D eigenvalue weighted by atomic mass is 16.5. The van der Waals surface area contributed by atoms with Gasteiger partial charge in [-0.05, 0) is 12.8 Å². The Labute approximate surface area is 85.6 Å². The largest absolute Gasteiger partial charge is 0.380 e. The van der Waals surface area contributed by atoms with Crippen LogP contribution in [-0.4, -0.2) is 43.3 Å². The zero-order valence-electron chi connectivity index (χ0n) is 9.25. The molecule has 0 aromatic rings. The normalized spacial score (nSPS) is 22.4. The second-order valence-electron chi connectivity index (χ2n) is 3.88. The molecular weight excluding hydrogens is 180 g/mol. The average Bonchev–Trinajstić information content (AvgIpc) is 2.48. The van der Waals surface area contributed by atoms with Crippen molar-refractivity contribution in [3.63, 3.8) is 0 Å². The Morgan fingerprint density at radius 3 is 2.86 bits per heavy atom. The van der Waals surface area contributed by atoms with Crippen molar-refractivity contribution >= 4 is 5.91 Å². The molecule has 1 unspecified atom stereocenters. The van der Waals surface area contributed by atoms with Gasteiger partial charge in [-0.1, -0.05) is 13.8 Å². The third-order valence-corrected chi connectivity index (χ3v) is 2.46. The molecule has 0 aromatic carbocycles. The van der Waals surface area contributed by atoms with Gasteiger partial charge in [0.2, 0.25) is 5.91 Å². The molecule has 1 saturated heterocycles. The number of hydrogen-bond acceptors (Lipinski definition) is 3. The van der Waals surface area contributed by atoms with Gasteiger partial charge in [-0.2, -0.15) is 0 Å². The van der Waals surface area contributed by atoms with Crippen LogP contribution in [0.5, 0.6) is 0 Å². The SMILES string of the molecule is CCOCCN1CNC(C(C)C)C1=O. The molecule has 1 atom stereocenters. The van der Waals surface area contributed by atoms with E-state index in [1.54, 1.807) is 0 Å². The molecule has 4 nitrogen and oxygen atoms in total. The minimum absolute atomic E-state index is 0.00312. The summed E-state index contributed by atoms with van der Waals surface area (Å²) in [7, 11) is 0. The summed E-state index contributed by atoms with van der Waals surface area (Å²) in [5.41, 5.74) is 0. The van der Waals surface area contributed by atoms with Crippen LogP contribution in [0.25, 0.3) is 0 Å². The van der Waals surface area contributed by atoms with Gasteiger partial charge in [0.1, 0.15) is 0 Å². The van der Waals surface area contributed by atoms with E-state index in [0.717, 1.165) is 0 Å². The summed E-state index contributed by atoms with van der Waals surface area (Å²) in [4.78, 5) is 13.6. The summed E-state index contributed by atoms with van der Waals surface area (Å²) >= 11 is 0. The van der Waals surface area contributed by atoms with Crippen molar-refractivity contribution < 1.29 is 9.53 Å². The fourth-order valence-electron chi connectivity index (χ4n) is 1.60. The van der Waals surface area contributed by atoms with E-state index in [4.69, 9.17) is 4.74 Å². The Hall–Kier alpha value is -0.610. The van der Waals surface area contributed by atoms with E-state index in [-0.39, 0.29) is 11.9 Å². The lowest BCUT2D eigenvalue weighted by Gasteiger charge is -2.16. The average molecular weight is 200 g/mol. The van der Waals surface area contributed by atoms with Gasteiger partial charge < -0.3 is 9.64 Å². The highest BCUT2D eigenvalue weighted by Gasteiger charge is 2.32. The Kier molecular flexibility index (Phi) is 4.35. The van der Waals surface area contributed by atoms with Crippen molar-refractivity contribution in [1.29, 1.82) is 0 Å². The maximum Gasteiger partial charge on any atom is 0.241 e. The first-order valence-electron chi connectivity index (χ1n) is 5.26. The summed E-state index contributed by atoms with van der Waals surface area (Å²) < 4.78 is 5.22. The molecule has 82 valence electrons. The van der Waals surface area contributed by atoms with E-state index in [9.17, 15) is 4.79 Å². The Morgan fingerprint density at radius 2 is 2.36 bits per heavy atom. The number of nitrogens with zero attached hydrogens (tertiary/aromatic N) is 1. The standard InChI is InChI=1S/C10H20N2O2/c1-4-14-6-5-12-7-11-9(8(2)3)10(12)13/h8-9,11H,4-7H2,1-3H3. The second kappa shape index (κ2) is 5.32. The summed E-state index contributed by atoms with van der Waals surface area (Å²) in [6.07, 6.45) is 0. The molecule has 1 aliphatic rings. The van der Waals surface area contributed by atoms with E-state index in [2.05, 4.69) is 19.2 Å². The van der Waals surface area contributed by atoms with E-state index in [1.165, 1.54) is 0 Å². The smallest absolute Gasteiger partial charge is 0.241 e. The lowest BCUT2D eigenvalue weighted by molar-refractivity contribution is -0.130. The first-order valence-corrected chi connectivity index (χ1v) is 5.26. The molecule has 0 radical (unpaired) electrons. The number of ether oxygens (including phenoxy) is 1. The summed E-state index contributed by atoms with van der Waals surface area (Å²) in [5, 5.41) is 3.20. The van der Waals surface area contributed by atoms with Gasteiger partial charge >= 0.3 is 0 Å². The minimum Gasteiger partial charge on any atom is -0.380 e. The van der Waals surface area contributed by atoms with Crippen molar-refractivity contribution in [2.45, 2.75) is 26.8 Å². The van der Waals surface area contributed by atoms with Crippen LogP contribution >= 0.6 is 0 Å². The molecule has 0 spiro atoms. The third-order valence-electron chi connectivity index (χ3n) is 2.46. The van der Waals surface area contributed by atoms with Crippen LogP contribution in [0.3, 0.4) is 0 Å². The highest BCUT2D eigenvalue weighted by molar-refractivity contribution is 5.83. The number of rotatable bonds is 5. The zero-order valence-corrected chi connectivity index (χ0v) is 9.25. The Morgan fingerprint density at radius 1 is 1.64 bits per heavy atom. The molecule has 4 heteroatoms. The number of nitrogens with one attached hydrogen (secondary N) is 1. The fourth-order valence-corrected chi connectivity index (χ4v) is 1.60. The molecule has 1 fully saturated rings. The minimum atomic E-state index is -0.00312. The predicted molar refractivity (Wildman–Crippen MR) is 54.8 cm³/mol. The molecule has 14 heavy (non-hydrogen) atoms. The van der Waals surface area contributed by atoms with E-state index in [0.29, 0.717) is 32.3 Å². The van der Waals surface area contributed by atoms with Crippen molar-refractivity contribution in [1.82, 2.24) is 10.2 Å². The Balaban J connectivity index is 2.32. The lowest BCUT2D eigenvalue weighted by Crippen LogP contribution is -2.35.